The van der Waals surface area contributed by atoms with Crippen molar-refractivity contribution in [2.75, 3.05) is 20.2 Å². The van der Waals surface area contributed by atoms with Gasteiger partial charge in [-0.25, -0.2) is 0 Å². The highest BCUT2D eigenvalue weighted by Crippen LogP contribution is 2.16. The Morgan fingerprint density at radius 3 is 2.81 bits per heavy atom. The smallest absolute Gasteiger partial charge is 0.308 e. The predicted octanol–water partition coefficient (Wildman–Crippen LogP) is 0.964. The maximum atomic E-state index is 12.8. The summed E-state index contributed by atoms with van der Waals surface area (Å²) in [5, 5.41) is 6.61. The van der Waals surface area contributed by atoms with Gasteiger partial charge in [0.2, 0.25) is 11.7 Å². The van der Waals surface area contributed by atoms with E-state index in [9.17, 15) is 14.4 Å². The fraction of sp³-hybridized carbons (Fsp3) is 0.368. The van der Waals surface area contributed by atoms with Crippen LogP contribution in [0, 0.1) is 0 Å². The van der Waals surface area contributed by atoms with Crippen LogP contribution in [0.2, 0.25) is 0 Å². The van der Waals surface area contributed by atoms with E-state index in [1.807, 2.05) is 30.3 Å². The van der Waals surface area contributed by atoms with Crippen LogP contribution in [-0.2, 0) is 27.2 Å². The first-order valence-electron chi connectivity index (χ1n) is 8.73. The minimum Gasteiger partial charge on any atom is -0.469 e. The lowest BCUT2D eigenvalue weighted by Gasteiger charge is -2.33. The summed E-state index contributed by atoms with van der Waals surface area (Å²) in [5.41, 5.74) is 1.83. The molecule has 1 N–H and O–H groups in total. The Hall–Kier alpha value is -3.16. The van der Waals surface area contributed by atoms with E-state index >= 15 is 0 Å². The van der Waals surface area contributed by atoms with Crippen LogP contribution in [0.5, 0.6) is 0 Å². The van der Waals surface area contributed by atoms with Gasteiger partial charge in [0.05, 0.1) is 19.2 Å². The first kappa shape index (κ1) is 18.6. The summed E-state index contributed by atoms with van der Waals surface area (Å²) >= 11 is 0. The topological polar surface area (TPSA) is 102 Å². The second-order valence-electron chi connectivity index (χ2n) is 6.25. The molecule has 1 unspecified atom stereocenters. The van der Waals surface area contributed by atoms with Crippen molar-refractivity contribution in [2.45, 2.75) is 25.3 Å². The number of amides is 2. The maximum Gasteiger partial charge on any atom is 0.308 e. The number of piperazine rings is 1. The lowest BCUT2D eigenvalue weighted by atomic mass is 10.1. The van der Waals surface area contributed by atoms with Gasteiger partial charge in [-0.2, -0.15) is 0 Å². The van der Waals surface area contributed by atoms with Crippen LogP contribution >= 0.6 is 0 Å². The van der Waals surface area contributed by atoms with Gasteiger partial charge in [-0.1, -0.05) is 35.5 Å². The van der Waals surface area contributed by atoms with E-state index in [0.717, 1.165) is 6.42 Å². The van der Waals surface area contributed by atoms with Crippen molar-refractivity contribution in [3.05, 3.63) is 53.4 Å². The molecule has 0 radical (unpaired) electrons. The Balaban J connectivity index is 1.68. The Kier molecular flexibility index (Phi) is 5.85. The van der Waals surface area contributed by atoms with Crippen molar-refractivity contribution >= 4 is 17.8 Å². The highest BCUT2D eigenvalue weighted by molar-refractivity contribution is 5.97. The molecule has 0 aliphatic carbocycles. The average Bonchev–Trinajstić information content (AvgIpc) is 3.17. The summed E-state index contributed by atoms with van der Waals surface area (Å²) < 4.78 is 9.81. The number of carbonyl (C=O) groups is 3. The maximum absolute atomic E-state index is 12.8. The SMILES string of the molecule is COC(=O)CC1C(=O)NCCN1C(=O)c1cc(CCc2ccccc2)no1. The number of hydrogen-bond donors (Lipinski definition) is 1. The van der Waals surface area contributed by atoms with Crippen molar-refractivity contribution in [1.82, 2.24) is 15.4 Å². The third-order valence-electron chi connectivity index (χ3n) is 4.46. The Bertz CT molecular complexity index is 818. The number of aromatic nitrogens is 1. The summed E-state index contributed by atoms with van der Waals surface area (Å²) in [6, 6.07) is 10.6. The molecule has 2 aromatic rings. The normalized spacial score (nSPS) is 16.7. The molecule has 8 heteroatoms. The summed E-state index contributed by atoms with van der Waals surface area (Å²) in [6.07, 6.45) is 1.20. The number of hydrogen-bond acceptors (Lipinski definition) is 6. The molecule has 142 valence electrons. The van der Waals surface area contributed by atoms with Gasteiger partial charge in [0.15, 0.2) is 0 Å². The highest BCUT2D eigenvalue weighted by Gasteiger charge is 2.36. The molecular weight excluding hydrogens is 350 g/mol. The van der Waals surface area contributed by atoms with E-state index in [0.29, 0.717) is 18.7 Å². The van der Waals surface area contributed by atoms with E-state index in [-0.39, 0.29) is 24.6 Å². The molecule has 8 nitrogen and oxygen atoms in total. The lowest BCUT2D eigenvalue weighted by Crippen LogP contribution is -2.57. The number of ether oxygens (including phenoxy) is 1. The third-order valence-corrected chi connectivity index (χ3v) is 4.46. The summed E-state index contributed by atoms with van der Waals surface area (Å²) in [4.78, 5) is 37.8. The van der Waals surface area contributed by atoms with Crippen molar-refractivity contribution in [1.29, 1.82) is 0 Å². The molecule has 1 aliphatic rings. The summed E-state index contributed by atoms with van der Waals surface area (Å²) in [6.45, 7) is 0.601. The number of esters is 1. The van der Waals surface area contributed by atoms with Crippen LogP contribution in [0.3, 0.4) is 0 Å². The molecule has 0 saturated carbocycles. The molecule has 1 atom stereocenters. The van der Waals surface area contributed by atoms with E-state index < -0.39 is 17.9 Å². The number of aryl methyl sites for hydroxylation is 2. The summed E-state index contributed by atoms with van der Waals surface area (Å²) in [5.74, 6) is -1.35. The van der Waals surface area contributed by atoms with Gasteiger partial charge < -0.3 is 19.5 Å². The molecule has 0 spiro atoms. The lowest BCUT2D eigenvalue weighted by molar-refractivity contribution is -0.145. The van der Waals surface area contributed by atoms with Crippen LogP contribution in [0.25, 0.3) is 0 Å². The van der Waals surface area contributed by atoms with E-state index in [1.54, 1.807) is 6.07 Å². The predicted molar refractivity (Wildman–Crippen MR) is 94.8 cm³/mol. The van der Waals surface area contributed by atoms with Crippen molar-refractivity contribution in [3.8, 4) is 0 Å². The largest absolute Gasteiger partial charge is 0.469 e. The second kappa shape index (κ2) is 8.48. The van der Waals surface area contributed by atoms with Gasteiger partial charge in [-0.05, 0) is 18.4 Å². The Labute approximate surface area is 156 Å². The first-order chi connectivity index (χ1) is 13.1. The molecule has 3 rings (SSSR count). The number of nitrogens with one attached hydrogen (secondary N) is 1. The van der Waals surface area contributed by atoms with Gasteiger partial charge in [-0.3, -0.25) is 14.4 Å². The third kappa shape index (κ3) is 4.52. The van der Waals surface area contributed by atoms with Crippen molar-refractivity contribution < 1.29 is 23.6 Å². The molecule has 27 heavy (non-hydrogen) atoms. The minimum atomic E-state index is -0.920. The molecule has 2 amide bonds. The zero-order valence-corrected chi connectivity index (χ0v) is 15.0. The fourth-order valence-electron chi connectivity index (χ4n) is 2.99. The van der Waals surface area contributed by atoms with Crippen LogP contribution in [-0.4, -0.2) is 54.1 Å². The monoisotopic (exact) mass is 371 g/mol. The first-order valence-corrected chi connectivity index (χ1v) is 8.73. The van der Waals surface area contributed by atoms with Crippen LogP contribution in [0.1, 0.15) is 28.2 Å². The zero-order valence-electron chi connectivity index (χ0n) is 15.0. The van der Waals surface area contributed by atoms with E-state index in [2.05, 4.69) is 15.2 Å². The Morgan fingerprint density at radius 1 is 1.30 bits per heavy atom. The van der Waals surface area contributed by atoms with Crippen LogP contribution in [0.15, 0.2) is 40.9 Å². The Morgan fingerprint density at radius 2 is 2.07 bits per heavy atom. The molecule has 0 bridgehead atoms. The fourth-order valence-corrected chi connectivity index (χ4v) is 2.99. The van der Waals surface area contributed by atoms with Crippen molar-refractivity contribution in [2.24, 2.45) is 0 Å². The van der Waals surface area contributed by atoms with Gasteiger partial charge in [0.1, 0.15) is 6.04 Å². The minimum absolute atomic E-state index is 0.0580. The molecular formula is C19H21N3O5. The van der Waals surface area contributed by atoms with E-state index in [4.69, 9.17) is 4.52 Å². The molecule has 1 aliphatic heterocycles. The molecule has 1 fully saturated rings. The quantitative estimate of drug-likeness (QED) is 0.759. The highest BCUT2D eigenvalue weighted by atomic mass is 16.5. The zero-order chi connectivity index (χ0) is 19.2. The standard InChI is InChI=1S/C19H21N3O5/c1-26-17(23)12-15-18(24)20-9-10-22(15)19(25)16-11-14(21-27-16)8-7-13-5-3-2-4-6-13/h2-6,11,15H,7-10,12H2,1H3,(H,20,24). The second-order valence-corrected chi connectivity index (χ2v) is 6.25. The van der Waals surface area contributed by atoms with Gasteiger partial charge >= 0.3 is 5.97 Å². The van der Waals surface area contributed by atoms with Crippen LogP contribution in [0.4, 0.5) is 0 Å². The summed E-state index contributed by atoms with van der Waals surface area (Å²) in [7, 11) is 1.24. The number of methoxy groups -OCH3 is 1. The number of benzene rings is 1. The number of nitrogens with zero attached hydrogens (tertiary/aromatic N) is 2. The molecule has 1 aromatic carbocycles. The molecule has 1 aromatic heterocycles. The van der Waals surface area contributed by atoms with Crippen LogP contribution < -0.4 is 5.32 Å². The average molecular weight is 371 g/mol. The van der Waals surface area contributed by atoms with Gasteiger partial charge in [0, 0.05) is 19.2 Å². The van der Waals surface area contributed by atoms with E-state index in [1.165, 1.54) is 17.6 Å². The number of carbonyl (C=O) groups excluding carboxylic acids is 3. The molecule has 1 saturated heterocycles. The molecule has 2 heterocycles. The van der Waals surface area contributed by atoms with Gasteiger partial charge in [-0.15, -0.1) is 0 Å². The number of rotatable bonds is 6. The van der Waals surface area contributed by atoms with Gasteiger partial charge in [0.25, 0.3) is 5.91 Å². The van der Waals surface area contributed by atoms with Crippen molar-refractivity contribution in [3.63, 3.8) is 0 Å².